The Morgan fingerprint density at radius 2 is 2.00 bits per heavy atom. The second-order valence-corrected chi connectivity index (χ2v) is 9.83. The molecule has 0 radical (unpaired) electrons. The average Bonchev–Trinajstić information content (AvgIpc) is 2.98. The van der Waals surface area contributed by atoms with Crippen LogP contribution in [0.3, 0.4) is 0 Å². The van der Waals surface area contributed by atoms with Crippen molar-refractivity contribution in [3.05, 3.63) is 30.3 Å². The summed E-state index contributed by atoms with van der Waals surface area (Å²) < 4.78 is 43.8. The molecule has 0 saturated carbocycles. The van der Waals surface area contributed by atoms with Gasteiger partial charge in [-0.3, -0.25) is 0 Å². The molecule has 2 N–H and O–H groups in total. The number of sulfone groups is 1. The number of amides is 1. The number of aromatic nitrogens is 2. The summed E-state index contributed by atoms with van der Waals surface area (Å²) in [7, 11) is -3.53. The Balaban J connectivity index is 1.61. The highest BCUT2D eigenvalue weighted by molar-refractivity contribution is 7.90. The summed E-state index contributed by atoms with van der Waals surface area (Å²) in [6, 6.07) is 3.72. The second-order valence-electron chi connectivity index (χ2n) is 7.81. The molecule has 0 bridgehead atoms. The molecule has 4 rings (SSSR count). The van der Waals surface area contributed by atoms with Gasteiger partial charge in [-0.05, 0) is 37.5 Å². The minimum atomic E-state index is -3.53. The predicted octanol–water partition coefficient (Wildman–Crippen LogP) is 2.49. The molecule has 0 aliphatic carbocycles. The van der Waals surface area contributed by atoms with Crippen LogP contribution in [-0.4, -0.2) is 73.0 Å². The standard InChI is InChI=1S/C20H24FN5O5S/c1-32(29,30)14-3-4-16(15(21)11-14)24-18-17-19(23-12-22-18)26(7-2-10-31-17)13-5-8-25(9-6-13)20(27)28/h3-4,11-13H,2,5-10H2,1H3,(H,27,28)(H,22,23,24). The Bertz CT molecular complexity index is 1120. The maximum absolute atomic E-state index is 14.6. The lowest BCUT2D eigenvalue weighted by molar-refractivity contribution is 0.131. The number of benzene rings is 1. The fourth-order valence-electron chi connectivity index (χ4n) is 3.99. The zero-order chi connectivity index (χ0) is 22.9. The molecule has 10 nitrogen and oxygen atoms in total. The van der Waals surface area contributed by atoms with Crippen LogP contribution in [-0.2, 0) is 9.84 Å². The van der Waals surface area contributed by atoms with E-state index < -0.39 is 21.7 Å². The Morgan fingerprint density at radius 1 is 1.25 bits per heavy atom. The van der Waals surface area contributed by atoms with Crippen LogP contribution in [0, 0.1) is 5.82 Å². The first-order chi connectivity index (χ1) is 15.2. The molecule has 1 amide bonds. The van der Waals surface area contributed by atoms with Crippen LogP contribution in [0.25, 0.3) is 0 Å². The van der Waals surface area contributed by atoms with Crippen molar-refractivity contribution < 1.29 is 27.4 Å². The summed E-state index contributed by atoms with van der Waals surface area (Å²) in [5.74, 6) is 0.502. The SMILES string of the molecule is CS(=O)(=O)c1ccc(Nc2ncnc3c2OCCCN3C2CCN(C(=O)O)CC2)c(F)c1. The number of nitrogens with one attached hydrogen (secondary N) is 1. The zero-order valence-electron chi connectivity index (χ0n) is 17.5. The Hall–Kier alpha value is -3.15. The van der Waals surface area contributed by atoms with Crippen molar-refractivity contribution in [2.24, 2.45) is 0 Å². The molecule has 32 heavy (non-hydrogen) atoms. The first-order valence-electron chi connectivity index (χ1n) is 10.2. The van der Waals surface area contributed by atoms with E-state index in [1.165, 1.54) is 23.4 Å². The molecule has 172 valence electrons. The van der Waals surface area contributed by atoms with Gasteiger partial charge < -0.3 is 25.0 Å². The number of carbonyl (C=O) groups is 1. The number of piperidine rings is 1. The van der Waals surface area contributed by atoms with Gasteiger partial charge in [0.1, 0.15) is 12.1 Å². The molecule has 1 aromatic heterocycles. The maximum Gasteiger partial charge on any atom is 0.407 e. The molecular weight excluding hydrogens is 441 g/mol. The number of nitrogens with zero attached hydrogens (tertiary/aromatic N) is 4. The summed E-state index contributed by atoms with van der Waals surface area (Å²) in [6.07, 6.45) is 3.54. The third-order valence-electron chi connectivity index (χ3n) is 5.64. The van der Waals surface area contributed by atoms with Crippen LogP contribution in [0.5, 0.6) is 5.75 Å². The highest BCUT2D eigenvalue weighted by Crippen LogP contribution is 2.38. The molecule has 2 aliphatic rings. The van der Waals surface area contributed by atoms with Crippen LogP contribution in [0.1, 0.15) is 19.3 Å². The third-order valence-corrected chi connectivity index (χ3v) is 6.75. The summed E-state index contributed by atoms with van der Waals surface area (Å²) >= 11 is 0. The number of halogens is 1. The summed E-state index contributed by atoms with van der Waals surface area (Å²) in [6.45, 7) is 2.01. The van der Waals surface area contributed by atoms with E-state index >= 15 is 0 Å². The average molecular weight is 466 g/mol. The summed E-state index contributed by atoms with van der Waals surface area (Å²) in [4.78, 5) is 23.2. The van der Waals surface area contributed by atoms with Crippen molar-refractivity contribution in [3.63, 3.8) is 0 Å². The monoisotopic (exact) mass is 465 g/mol. The van der Waals surface area contributed by atoms with Gasteiger partial charge in [0.25, 0.3) is 0 Å². The van der Waals surface area contributed by atoms with Gasteiger partial charge in [-0.2, -0.15) is 0 Å². The smallest absolute Gasteiger partial charge is 0.407 e. The number of ether oxygens (including phenoxy) is 1. The van der Waals surface area contributed by atoms with Crippen molar-refractivity contribution in [1.29, 1.82) is 0 Å². The Morgan fingerprint density at radius 3 is 2.66 bits per heavy atom. The lowest BCUT2D eigenvalue weighted by atomic mass is 10.0. The van der Waals surface area contributed by atoms with Gasteiger partial charge in [-0.15, -0.1) is 0 Å². The molecule has 3 heterocycles. The first kappa shape index (κ1) is 22.1. The number of hydrogen-bond acceptors (Lipinski definition) is 8. The molecule has 12 heteroatoms. The minimum Gasteiger partial charge on any atom is -0.486 e. The number of carboxylic acid groups (broad SMARTS) is 1. The van der Waals surface area contributed by atoms with Gasteiger partial charge in [0.15, 0.2) is 21.5 Å². The van der Waals surface area contributed by atoms with E-state index in [2.05, 4.69) is 20.2 Å². The fraction of sp³-hybridized carbons (Fsp3) is 0.450. The lowest BCUT2D eigenvalue weighted by Gasteiger charge is -2.37. The molecular formula is C20H24FN5O5S. The number of anilines is 3. The highest BCUT2D eigenvalue weighted by Gasteiger charge is 2.31. The summed E-state index contributed by atoms with van der Waals surface area (Å²) in [5, 5.41) is 12.1. The number of hydrogen-bond donors (Lipinski definition) is 2. The minimum absolute atomic E-state index is 0.0625. The fourth-order valence-corrected chi connectivity index (χ4v) is 4.62. The molecule has 2 aromatic rings. The van der Waals surface area contributed by atoms with E-state index in [1.54, 1.807) is 0 Å². The third kappa shape index (κ3) is 4.54. The molecule has 2 aliphatic heterocycles. The van der Waals surface area contributed by atoms with Crippen molar-refractivity contribution in [1.82, 2.24) is 14.9 Å². The molecule has 0 spiro atoms. The predicted molar refractivity (Wildman–Crippen MR) is 115 cm³/mol. The molecule has 1 saturated heterocycles. The number of rotatable bonds is 4. The van der Waals surface area contributed by atoms with Crippen molar-refractivity contribution in [3.8, 4) is 5.75 Å². The highest BCUT2D eigenvalue weighted by atomic mass is 32.2. The van der Waals surface area contributed by atoms with E-state index in [9.17, 15) is 22.7 Å². The van der Waals surface area contributed by atoms with Gasteiger partial charge >= 0.3 is 6.09 Å². The van der Waals surface area contributed by atoms with Gasteiger partial charge in [-0.1, -0.05) is 0 Å². The lowest BCUT2D eigenvalue weighted by Crippen LogP contribution is -2.47. The Kier molecular flexibility index (Phi) is 6.04. The van der Waals surface area contributed by atoms with E-state index in [0.717, 1.165) is 18.7 Å². The van der Waals surface area contributed by atoms with E-state index in [1.807, 2.05) is 0 Å². The van der Waals surface area contributed by atoms with Crippen LogP contribution in [0.4, 0.5) is 26.5 Å². The topological polar surface area (TPSA) is 125 Å². The van der Waals surface area contributed by atoms with Crippen LogP contribution < -0.4 is 15.0 Å². The van der Waals surface area contributed by atoms with Gasteiger partial charge in [0.05, 0.1) is 17.2 Å². The summed E-state index contributed by atoms with van der Waals surface area (Å²) in [5.41, 5.74) is 0.0625. The van der Waals surface area contributed by atoms with E-state index in [-0.39, 0.29) is 22.4 Å². The molecule has 1 fully saturated rings. The van der Waals surface area contributed by atoms with Crippen LogP contribution in [0.2, 0.25) is 0 Å². The second kappa shape index (κ2) is 8.77. The largest absolute Gasteiger partial charge is 0.486 e. The maximum atomic E-state index is 14.6. The number of fused-ring (bicyclic) bond motifs is 1. The first-order valence-corrected chi connectivity index (χ1v) is 12.1. The zero-order valence-corrected chi connectivity index (χ0v) is 18.3. The number of likely N-dealkylation sites (tertiary alicyclic amines) is 1. The van der Waals surface area contributed by atoms with Crippen LogP contribution in [0.15, 0.2) is 29.4 Å². The molecule has 0 unspecified atom stereocenters. The van der Waals surface area contributed by atoms with Crippen LogP contribution >= 0.6 is 0 Å². The molecule has 1 aromatic carbocycles. The Labute approximate surface area is 184 Å². The van der Waals surface area contributed by atoms with Crippen molar-refractivity contribution >= 4 is 33.3 Å². The van der Waals surface area contributed by atoms with Gasteiger partial charge in [0, 0.05) is 31.9 Å². The normalized spacial score (nSPS) is 17.3. The van der Waals surface area contributed by atoms with Gasteiger partial charge in [0.2, 0.25) is 5.75 Å². The van der Waals surface area contributed by atoms with E-state index in [0.29, 0.717) is 50.7 Å². The molecule has 0 atom stereocenters. The van der Waals surface area contributed by atoms with Crippen molar-refractivity contribution in [2.75, 3.05) is 42.7 Å². The van der Waals surface area contributed by atoms with E-state index in [4.69, 9.17) is 4.74 Å². The van der Waals surface area contributed by atoms with Gasteiger partial charge in [-0.25, -0.2) is 27.6 Å². The van der Waals surface area contributed by atoms with Crippen molar-refractivity contribution in [2.45, 2.75) is 30.2 Å². The quantitative estimate of drug-likeness (QED) is 0.700.